The minimum atomic E-state index is -0.621. The highest BCUT2D eigenvalue weighted by atomic mass is 16.5. The van der Waals surface area contributed by atoms with Crippen molar-refractivity contribution in [2.24, 2.45) is 0 Å². The highest BCUT2D eigenvalue weighted by molar-refractivity contribution is 5.85. The van der Waals surface area contributed by atoms with Crippen LogP contribution in [0.15, 0.2) is 30.3 Å². The summed E-state index contributed by atoms with van der Waals surface area (Å²) in [5.74, 6) is -0.533. The Morgan fingerprint density at radius 2 is 1.90 bits per heavy atom. The molecule has 1 saturated heterocycles. The fourth-order valence-corrected chi connectivity index (χ4v) is 2.34. The predicted molar refractivity (Wildman–Crippen MR) is 79.5 cm³/mol. The number of hydrogen-bond acceptors (Lipinski definition) is 4. The molecule has 0 aromatic heterocycles. The van der Waals surface area contributed by atoms with Gasteiger partial charge in [0.2, 0.25) is 5.91 Å². The first-order chi connectivity index (χ1) is 10.1. The molecular weight excluding hydrogens is 268 g/mol. The Bertz CT molecular complexity index is 470. The second-order valence-electron chi connectivity index (χ2n) is 5.37. The quantitative estimate of drug-likeness (QED) is 0.803. The maximum atomic E-state index is 11.8. The minimum Gasteiger partial charge on any atom is -0.459 e. The summed E-state index contributed by atoms with van der Waals surface area (Å²) < 4.78 is 5.19. The van der Waals surface area contributed by atoms with Crippen molar-refractivity contribution in [3.05, 3.63) is 35.9 Å². The normalized spacial score (nSPS) is 16.4. The zero-order valence-electron chi connectivity index (χ0n) is 12.4. The number of benzene rings is 1. The van der Waals surface area contributed by atoms with Crippen molar-refractivity contribution in [1.29, 1.82) is 0 Å². The van der Waals surface area contributed by atoms with E-state index in [9.17, 15) is 9.59 Å². The van der Waals surface area contributed by atoms with Crippen LogP contribution < -0.4 is 5.32 Å². The van der Waals surface area contributed by atoms with Crippen LogP contribution >= 0.6 is 0 Å². The number of nitrogens with zero attached hydrogens (tertiary/aromatic N) is 1. The highest BCUT2D eigenvalue weighted by Crippen LogP contribution is 2.06. The first kappa shape index (κ1) is 15.5. The summed E-state index contributed by atoms with van der Waals surface area (Å²) in [5, 5.41) is 2.69. The lowest BCUT2D eigenvalue weighted by atomic mass is 10.2. The third kappa shape index (κ3) is 5.19. The van der Waals surface area contributed by atoms with E-state index in [1.807, 2.05) is 30.3 Å². The Morgan fingerprint density at radius 1 is 1.24 bits per heavy atom. The van der Waals surface area contributed by atoms with Crippen LogP contribution in [0.5, 0.6) is 0 Å². The van der Waals surface area contributed by atoms with Crippen LogP contribution in [0.2, 0.25) is 0 Å². The molecule has 2 rings (SSSR count). The van der Waals surface area contributed by atoms with E-state index < -0.39 is 12.0 Å². The van der Waals surface area contributed by atoms with E-state index in [0.29, 0.717) is 6.54 Å². The van der Waals surface area contributed by atoms with Gasteiger partial charge in [-0.05, 0) is 38.4 Å². The van der Waals surface area contributed by atoms with E-state index in [-0.39, 0.29) is 12.5 Å². The van der Waals surface area contributed by atoms with Crippen LogP contribution in [0.3, 0.4) is 0 Å². The molecular formula is C16H22N2O3. The second kappa shape index (κ2) is 7.78. The third-order valence-electron chi connectivity index (χ3n) is 3.52. The van der Waals surface area contributed by atoms with E-state index in [4.69, 9.17) is 4.74 Å². The van der Waals surface area contributed by atoms with E-state index in [0.717, 1.165) is 31.5 Å². The molecule has 114 valence electrons. The number of carbonyl (C=O) groups excluding carboxylic acids is 2. The molecule has 0 bridgehead atoms. The minimum absolute atomic E-state index is 0.124. The number of rotatable bonds is 6. The van der Waals surface area contributed by atoms with Gasteiger partial charge in [0.15, 0.2) is 0 Å². The van der Waals surface area contributed by atoms with Crippen molar-refractivity contribution in [2.75, 3.05) is 19.6 Å². The predicted octanol–water partition coefficient (Wildman–Crippen LogP) is 1.33. The molecule has 1 heterocycles. The average molecular weight is 290 g/mol. The fraction of sp³-hybridized carbons (Fsp3) is 0.500. The summed E-state index contributed by atoms with van der Waals surface area (Å²) >= 11 is 0. The zero-order valence-corrected chi connectivity index (χ0v) is 12.4. The number of nitrogens with one attached hydrogen (secondary N) is 1. The van der Waals surface area contributed by atoms with Crippen molar-refractivity contribution < 1.29 is 14.3 Å². The molecule has 1 aliphatic heterocycles. The maximum Gasteiger partial charge on any atom is 0.328 e. The van der Waals surface area contributed by atoms with Crippen LogP contribution in [-0.2, 0) is 20.9 Å². The monoisotopic (exact) mass is 290 g/mol. The van der Waals surface area contributed by atoms with E-state index in [2.05, 4.69) is 10.2 Å². The van der Waals surface area contributed by atoms with Gasteiger partial charge in [-0.1, -0.05) is 30.3 Å². The van der Waals surface area contributed by atoms with Gasteiger partial charge in [0.25, 0.3) is 0 Å². The number of hydrogen-bond donors (Lipinski definition) is 1. The van der Waals surface area contributed by atoms with Crippen molar-refractivity contribution >= 4 is 11.9 Å². The van der Waals surface area contributed by atoms with Crippen LogP contribution in [0.1, 0.15) is 25.3 Å². The van der Waals surface area contributed by atoms with Crippen molar-refractivity contribution in [3.63, 3.8) is 0 Å². The van der Waals surface area contributed by atoms with Gasteiger partial charge in [0, 0.05) is 0 Å². The first-order valence-electron chi connectivity index (χ1n) is 7.37. The Kier molecular flexibility index (Phi) is 5.75. The van der Waals surface area contributed by atoms with Gasteiger partial charge < -0.3 is 10.1 Å². The molecule has 0 saturated carbocycles. The van der Waals surface area contributed by atoms with Gasteiger partial charge >= 0.3 is 5.97 Å². The van der Waals surface area contributed by atoms with E-state index >= 15 is 0 Å². The molecule has 5 heteroatoms. The van der Waals surface area contributed by atoms with Crippen LogP contribution in [0.4, 0.5) is 0 Å². The summed E-state index contributed by atoms with van der Waals surface area (Å²) in [6.45, 7) is 4.15. The number of carbonyl (C=O) groups is 2. The Morgan fingerprint density at radius 3 is 2.57 bits per heavy atom. The molecule has 1 fully saturated rings. The number of likely N-dealkylation sites (tertiary alicyclic amines) is 1. The molecule has 1 aromatic carbocycles. The smallest absolute Gasteiger partial charge is 0.328 e. The number of ether oxygens (including phenoxy) is 1. The summed E-state index contributed by atoms with van der Waals surface area (Å²) in [6, 6.07) is 8.86. The van der Waals surface area contributed by atoms with Gasteiger partial charge in [-0.15, -0.1) is 0 Å². The second-order valence-corrected chi connectivity index (χ2v) is 5.37. The maximum absolute atomic E-state index is 11.8. The summed E-state index contributed by atoms with van der Waals surface area (Å²) in [4.78, 5) is 25.8. The standard InChI is InChI=1S/C16H22N2O3/c1-13(17-15(19)11-18-9-5-6-10-18)16(20)21-12-14-7-3-2-4-8-14/h2-4,7-8,13H,5-6,9-12H2,1H3,(H,17,19)/t13-/m1/s1. The Hall–Kier alpha value is -1.88. The number of esters is 1. The van der Waals surface area contributed by atoms with Crippen molar-refractivity contribution in [1.82, 2.24) is 10.2 Å². The van der Waals surface area contributed by atoms with Gasteiger partial charge in [-0.2, -0.15) is 0 Å². The molecule has 0 aliphatic carbocycles. The highest BCUT2D eigenvalue weighted by Gasteiger charge is 2.20. The molecule has 1 aromatic rings. The van der Waals surface area contributed by atoms with Gasteiger partial charge in [-0.3, -0.25) is 9.69 Å². The molecule has 21 heavy (non-hydrogen) atoms. The molecule has 1 atom stereocenters. The van der Waals surface area contributed by atoms with Crippen molar-refractivity contribution in [2.45, 2.75) is 32.4 Å². The lowest BCUT2D eigenvalue weighted by Crippen LogP contribution is -2.44. The van der Waals surface area contributed by atoms with Gasteiger partial charge in [0.1, 0.15) is 12.6 Å². The lowest BCUT2D eigenvalue weighted by Gasteiger charge is -2.17. The SMILES string of the molecule is C[C@@H](NC(=O)CN1CCCC1)C(=O)OCc1ccccc1. The molecule has 0 unspecified atom stereocenters. The number of amides is 1. The molecule has 5 nitrogen and oxygen atoms in total. The topological polar surface area (TPSA) is 58.6 Å². The lowest BCUT2D eigenvalue weighted by molar-refractivity contribution is -0.148. The molecule has 1 N–H and O–H groups in total. The average Bonchev–Trinajstić information content (AvgIpc) is 2.98. The van der Waals surface area contributed by atoms with Gasteiger partial charge in [0.05, 0.1) is 6.54 Å². The Balaban J connectivity index is 1.70. The molecule has 0 spiro atoms. The van der Waals surface area contributed by atoms with Gasteiger partial charge in [-0.25, -0.2) is 4.79 Å². The summed E-state index contributed by atoms with van der Waals surface area (Å²) in [7, 11) is 0. The van der Waals surface area contributed by atoms with Crippen LogP contribution in [-0.4, -0.2) is 42.5 Å². The van der Waals surface area contributed by atoms with Crippen LogP contribution in [0, 0.1) is 0 Å². The van der Waals surface area contributed by atoms with E-state index in [1.165, 1.54) is 0 Å². The summed E-state index contributed by atoms with van der Waals surface area (Å²) in [6.07, 6.45) is 2.28. The fourth-order valence-electron chi connectivity index (χ4n) is 2.34. The van der Waals surface area contributed by atoms with Crippen LogP contribution in [0.25, 0.3) is 0 Å². The van der Waals surface area contributed by atoms with Crippen molar-refractivity contribution in [3.8, 4) is 0 Å². The molecule has 1 aliphatic rings. The summed E-state index contributed by atoms with van der Waals surface area (Å²) in [5.41, 5.74) is 0.932. The first-order valence-corrected chi connectivity index (χ1v) is 7.37. The van der Waals surface area contributed by atoms with E-state index in [1.54, 1.807) is 6.92 Å². The molecule has 0 radical (unpaired) electrons. The largest absolute Gasteiger partial charge is 0.459 e. The zero-order chi connectivity index (χ0) is 15.1. The Labute approximate surface area is 125 Å². The molecule has 1 amide bonds. The third-order valence-corrected chi connectivity index (χ3v) is 3.52.